The molecular weight excluding hydrogens is 554 g/mol. The molecule has 0 aliphatic carbocycles. The third-order valence-corrected chi connectivity index (χ3v) is 7.67. The molecule has 0 aliphatic rings. The molecule has 1 unspecified atom stereocenters. The molecule has 0 fully saturated rings. The molecule has 0 aromatic heterocycles. The number of thioether (sulfide) groups is 1. The molecule has 4 aromatic carbocycles. The van der Waals surface area contributed by atoms with E-state index in [0.29, 0.717) is 22.0 Å². The normalized spacial score (nSPS) is 11.9. The minimum atomic E-state index is -0.459. The van der Waals surface area contributed by atoms with Crippen molar-refractivity contribution in [2.24, 2.45) is 0 Å². The van der Waals surface area contributed by atoms with Gasteiger partial charge in [0, 0.05) is 26.9 Å². The minimum Gasteiger partial charge on any atom is -0.325 e. The van der Waals surface area contributed by atoms with Gasteiger partial charge < -0.3 is 16.0 Å². The second-order valence-corrected chi connectivity index (χ2v) is 11.3. The zero-order valence-corrected chi connectivity index (χ0v) is 24.5. The van der Waals surface area contributed by atoms with Crippen LogP contribution in [0.2, 0.25) is 5.02 Å². The first kappa shape index (κ1) is 29.6. The van der Waals surface area contributed by atoms with E-state index in [9.17, 15) is 14.4 Å². The first-order valence-corrected chi connectivity index (χ1v) is 14.2. The molecule has 0 bridgehead atoms. The van der Waals surface area contributed by atoms with Gasteiger partial charge in [0.1, 0.15) is 5.70 Å². The molecule has 8 heteroatoms. The van der Waals surface area contributed by atoms with Gasteiger partial charge in [0.25, 0.3) is 11.8 Å². The first-order valence-electron chi connectivity index (χ1n) is 13.0. The summed E-state index contributed by atoms with van der Waals surface area (Å²) in [7, 11) is 0. The van der Waals surface area contributed by atoms with Crippen molar-refractivity contribution < 1.29 is 14.4 Å². The summed E-state index contributed by atoms with van der Waals surface area (Å²) in [5, 5.41) is 8.71. The maximum atomic E-state index is 13.3. The Hall–Kier alpha value is -4.33. The van der Waals surface area contributed by atoms with Crippen molar-refractivity contribution in [3.05, 3.63) is 130 Å². The van der Waals surface area contributed by atoms with Crippen LogP contribution < -0.4 is 16.0 Å². The van der Waals surface area contributed by atoms with Crippen molar-refractivity contribution in [1.82, 2.24) is 5.32 Å². The van der Waals surface area contributed by atoms with E-state index in [1.54, 1.807) is 48.5 Å². The molecule has 0 saturated carbocycles. The second-order valence-electron chi connectivity index (χ2n) is 9.48. The molecule has 4 rings (SSSR count). The van der Waals surface area contributed by atoms with Crippen molar-refractivity contribution in [1.29, 1.82) is 0 Å². The lowest BCUT2D eigenvalue weighted by molar-refractivity contribution is -0.115. The highest BCUT2D eigenvalue weighted by molar-refractivity contribution is 8.00. The van der Waals surface area contributed by atoms with Crippen LogP contribution in [-0.2, 0) is 9.59 Å². The average molecular weight is 584 g/mol. The van der Waals surface area contributed by atoms with Crippen LogP contribution in [0.3, 0.4) is 0 Å². The van der Waals surface area contributed by atoms with Crippen LogP contribution >= 0.6 is 23.4 Å². The molecule has 4 aromatic rings. The number of benzene rings is 4. The van der Waals surface area contributed by atoms with Gasteiger partial charge in [0.15, 0.2) is 0 Å². The Labute approximate surface area is 249 Å². The van der Waals surface area contributed by atoms with Gasteiger partial charge in [-0.25, -0.2) is 0 Å². The average Bonchev–Trinajstić information content (AvgIpc) is 2.97. The first-order chi connectivity index (χ1) is 19.7. The predicted molar refractivity (Wildman–Crippen MR) is 168 cm³/mol. The van der Waals surface area contributed by atoms with Crippen molar-refractivity contribution in [2.45, 2.75) is 30.9 Å². The van der Waals surface area contributed by atoms with Crippen molar-refractivity contribution in [2.75, 3.05) is 10.6 Å². The number of hydrogen-bond donors (Lipinski definition) is 3. The largest absolute Gasteiger partial charge is 0.325 e. The fourth-order valence-corrected chi connectivity index (χ4v) is 4.81. The summed E-state index contributed by atoms with van der Waals surface area (Å²) in [5.74, 6) is -0.988. The van der Waals surface area contributed by atoms with Gasteiger partial charge >= 0.3 is 0 Å². The molecule has 0 saturated heterocycles. The highest BCUT2D eigenvalue weighted by Crippen LogP contribution is 2.27. The monoisotopic (exact) mass is 583 g/mol. The zero-order chi connectivity index (χ0) is 29.4. The van der Waals surface area contributed by atoms with E-state index in [1.165, 1.54) is 11.8 Å². The van der Waals surface area contributed by atoms with Crippen molar-refractivity contribution in [3.63, 3.8) is 0 Å². The van der Waals surface area contributed by atoms with Crippen LogP contribution in [0, 0.1) is 13.8 Å². The predicted octanol–water partition coefficient (Wildman–Crippen LogP) is 7.49. The van der Waals surface area contributed by atoms with E-state index >= 15 is 0 Å². The SMILES string of the molecule is Cc1ccc(/C=C(\NC(=O)c2ccccc2)C(=O)Nc2ccc(SC(C)C(=O)Nc3ccc(C)c(Cl)c3)cc2)cc1. The van der Waals surface area contributed by atoms with Gasteiger partial charge in [-0.3, -0.25) is 14.4 Å². The molecular formula is C33H30ClN3O3S. The number of carbonyl (C=O) groups excluding carboxylic acids is 3. The van der Waals surface area contributed by atoms with Crippen LogP contribution in [0.25, 0.3) is 6.08 Å². The lowest BCUT2D eigenvalue weighted by Gasteiger charge is -2.14. The van der Waals surface area contributed by atoms with Gasteiger partial charge in [0.05, 0.1) is 5.25 Å². The molecule has 1 atom stereocenters. The molecule has 3 N–H and O–H groups in total. The summed E-state index contributed by atoms with van der Waals surface area (Å²) in [6.45, 7) is 5.71. The minimum absolute atomic E-state index is 0.114. The lowest BCUT2D eigenvalue weighted by atomic mass is 10.1. The highest BCUT2D eigenvalue weighted by Gasteiger charge is 2.17. The molecule has 41 heavy (non-hydrogen) atoms. The fourth-order valence-electron chi connectivity index (χ4n) is 3.76. The van der Waals surface area contributed by atoms with Crippen LogP contribution in [0.15, 0.2) is 108 Å². The smallest absolute Gasteiger partial charge is 0.272 e. The Balaban J connectivity index is 1.42. The maximum absolute atomic E-state index is 13.3. The van der Waals surface area contributed by atoms with Crippen LogP contribution in [0.4, 0.5) is 11.4 Å². The molecule has 0 spiro atoms. The number of carbonyl (C=O) groups is 3. The summed E-state index contributed by atoms with van der Waals surface area (Å²) in [6.07, 6.45) is 1.64. The Morgan fingerprint density at radius 2 is 1.46 bits per heavy atom. The molecule has 0 radical (unpaired) electrons. The number of aryl methyl sites for hydroxylation is 2. The second kappa shape index (κ2) is 13.8. The molecule has 208 valence electrons. The number of rotatable bonds is 9. The van der Waals surface area contributed by atoms with Crippen LogP contribution in [0.1, 0.15) is 34.0 Å². The number of amides is 3. The van der Waals surface area contributed by atoms with E-state index < -0.39 is 5.91 Å². The highest BCUT2D eigenvalue weighted by atomic mass is 35.5. The fraction of sp³-hybridized carbons (Fsp3) is 0.121. The zero-order valence-electron chi connectivity index (χ0n) is 22.9. The standard InChI is InChI=1S/C33H30ClN3O3S/c1-21-9-12-24(13-10-21)19-30(37-32(39)25-7-5-4-6-8-25)33(40)35-26-15-17-28(18-16-26)41-23(3)31(38)36-27-14-11-22(2)29(34)20-27/h4-20,23H,1-3H3,(H,35,40)(H,36,38)(H,37,39)/b30-19-. The topological polar surface area (TPSA) is 87.3 Å². The number of hydrogen-bond acceptors (Lipinski definition) is 4. The van der Waals surface area contributed by atoms with Gasteiger partial charge in [-0.2, -0.15) is 0 Å². The van der Waals surface area contributed by atoms with Crippen LogP contribution in [-0.4, -0.2) is 23.0 Å². The van der Waals surface area contributed by atoms with Crippen molar-refractivity contribution >= 4 is 58.5 Å². The van der Waals surface area contributed by atoms with E-state index in [4.69, 9.17) is 11.6 Å². The summed E-state index contributed by atoms with van der Waals surface area (Å²) in [5.41, 5.74) is 4.56. The van der Waals surface area contributed by atoms with Gasteiger partial charge in [-0.1, -0.05) is 65.7 Å². The molecule has 0 heterocycles. The molecule has 0 aliphatic heterocycles. The lowest BCUT2D eigenvalue weighted by Crippen LogP contribution is -2.30. The summed E-state index contributed by atoms with van der Waals surface area (Å²) < 4.78 is 0. The van der Waals surface area contributed by atoms with E-state index in [1.807, 2.05) is 75.4 Å². The third kappa shape index (κ3) is 8.58. The third-order valence-electron chi connectivity index (χ3n) is 6.15. The van der Waals surface area contributed by atoms with E-state index in [-0.39, 0.29) is 22.8 Å². The molecule has 3 amide bonds. The number of anilines is 2. The van der Waals surface area contributed by atoms with Crippen LogP contribution in [0.5, 0.6) is 0 Å². The Kier molecular flexibility index (Phi) is 10.0. The molecule has 6 nitrogen and oxygen atoms in total. The number of nitrogens with one attached hydrogen (secondary N) is 3. The Bertz CT molecular complexity index is 1570. The van der Waals surface area contributed by atoms with Gasteiger partial charge in [-0.15, -0.1) is 11.8 Å². The summed E-state index contributed by atoms with van der Waals surface area (Å²) in [6, 6.07) is 28.9. The summed E-state index contributed by atoms with van der Waals surface area (Å²) >= 11 is 7.56. The van der Waals surface area contributed by atoms with E-state index in [0.717, 1.165) is 21.6 Å². The quantitative estimate of drug-likeness (QED) is 0.141. The Morgan fingerprint density at radius 3 is 2.12 bits per heavy atom. The maximum Gasteiger partial charge on any atom is 0.272 e. The van der Waals surface area contributed by atoms with Gasteiger partial charge in [-0.05, 0) is 86.5 Å². The van der Waals surface area contributed by atoms with Gasteiger partial charge in [0.2, 0.25) is 5.91 Å². The number of halogens is 1. The van der Waals surface area contributed by atoms with E-state index in [2.05, 4.69) is 16.0 Å². The Morgan fingerprint density at radius 1 is 0.805 bits per heavy atom. The summed E-state index contributed by atoms with van der Waals surface area (Å²) in [4.78, 5) is 39.6. The van der Waals surface area contributed by atoms with Crippen molar-refractivity contribution in [3.8, 4) is 0 Å².